The second-order valence-electron chi connectivity index (χ2n) is 6.92. The number of imidazole rings is 1. The number of rotatable bonds is 7. The molecule has 0 saturated carbocycles. The first kappa shape index (κ1) is 19.2. The van der Waals surface area contributed by atoms with Crippen LogP contribution in [-0.4, -0.2) is 17.8 Å². The van der Waals surface area contributed by atoms with E-state index in [0.29, 0.717) is 5.69 Å². The van der Waals surface area contributed by atoms with Gasteiger partial charge in [-0.05, 0) is 48.4 Å². The second kappa shape index (κ2) is 8.09. The number of para-hydroxylation sites is 1. The van der Waals surface area contributed by atoms with E-state index in [2.05, 4.69) is 11.9 Å². The Balaban J connectivity index is 1.76. The summed E-state index contributed by atoms with van der Waals surface area (Å²) in [6.45, 7) is 2.30. The summed E-state index contributed by atoms with van der Waals surface area (Å²) in [5, 5.41) is 0. The topological polar surface area (TPSA) is 54.7 Å². The molecule has 0 fully saturated rings. The van der Waals surface area contributed by atoms with E-state index in [4.69, 9.17) is 0 Å². The van der Waals surface area contributed by atoms with E-state index in [1.165, 1.54) is 4.31 Å². The molecule has 0 bridgehead atoms. The zero-order chi connectivity index (χ0) is 20.3. The zero-order valence-electron chi connectivity index (χ0n) is 16.3. The number of fused-ring (bicyclic) bond motifs is 1. The lowest BCUT2D eigenvalue weighted by Gasteiger charge is -2.24. The number of hydrogen-bond acceptors (Lipinski definition) is 3. The number of nitrogens with zero attached hydrogens (tertiary/aromatic N) is 3. The predicted octanol–water partition coefficient (Wildman–Crippen LogP) is 4.68. The molecule has 2 heterocycles. The maximum Gasteiger partial charge on any atom is 0.264 e. The molecular weight excluding hydrogens is 382 g/mol. The first-order chi connectivity index (χ1) is 14.1. The summed E-state index contributed by atoms with van der Waals surface area (Å²) in [5.41, 5.74) is 3.35. The normalized spacial score (nSPS) is 11.6. The van der Waals surface area contributed by atoms with Gasteiger partial charge in [0.2, 0.25) is 0 Å². The number of sulfonamides is 1. The maximum atomic E-state index is 13.6. The van der Waals surface area contributed by atoms with Gasteiger partial charge in [-0.1, -0.05) is 49.7 Å². The number of pyridine rings is 1. The smallest absolute Gasteiger partial charge is 0.264 e. The SMILES string of the molecule is CCCc1ccc(S(=O)(=O)N(Cc2cnc3ccccn23)c2ccccc2)cc1. The Kier molecular flexibility index (Phi) is 5.36. The highest BCUT2D eigenvalue weighted by molar-refractivity contribution is 7.92. The van der Waals surface area contributed by atoms with Gasteiger partial charge in [0.05, 0.1) is 29.0 Å². The van der Waals surface area contributed by atoms with Crippen molar-refractivity contribution in [1.82, 2.24) is 9.38 Å². The Hall–Kier alpha value is -3.12. The Labute approximate surface area is 171 Å². The van der Waals surface area contributed by atoms with Crippen LogP contribution in [0.25, 0.3) is 5.65 Å². The predicted molar refractivity (Wildman–Crippen MR) is 115 cm³/mol. The van der Waals surface area contributed by atoms with Crippen molar-refractivity contribution < 1.29 is 8.42 Å². The molecule has 2 aromatic heterocycles. The molecule has 29 heavy (non-hydrogen) atoms. The quantitative estimate of drug-likeness (QED) is 0.448. The van der Waals surface area contributed by atoms with Gasteiger partial charge in [-0.25, -0.2) is 13.4 Å². The molecule has 148 valence electrons. The summed E-state index contributed by atoms with van der Waals surface area (Å²) in [6, 6.07) is 22.1. The summed E-state index contributed by atoms with van der Waals surface area (Å²) in [4.78, 5) is 4.68. The van der Waals surface area contributed by atoms with Gasteiger partial charge in [0.1, 0.15) is 5.65 Å². The Morgan fingerprint density at radius 2 is 1.66 bits per heavy atom. The summed E-state index contributed by atoms with van der Waals surface area (Å²) < 4.78 is 30.5. The summed E-state index contributed by atoms with van der Waals surface area (Å²) >= 11 is 0. The number of aromatic nitrogens is 2. The molecule has 0 aliphatic rings. The van der Waals surface area contributed by atoms with Crippen LogP contribution < -0.4 is 4.31 Å². The van der Waals surface area contributed by atoms with E-state index in [-0.39, 0.29) is 11.4 Å². The standard InChI is InChI=1S/C23H23N3O2S/c1-2-8-19-12-14-22(15-13-19)29(27,28)26(20-9-4-3-5-10-20)18-21-17-24-23-11-6-7-16-25(21)23/h3-7,9-17H,2,8,18H2,1H3. The Morgan fingerprint density at radius 3 is 2.38 bits per heavy atom. The third-order valence-corrected chi connectivity index (χ3v) is 6.68. The third-order valence-electron chi connectivity index (χ3n) is 4.89. The minimum absolute atomic E-state index is 0.189. The van der Waals surface area contributed by atoms with Crippen molar-refractivity contribution in [1.29, 1.82) is 0 Å². The van der Waals surface area contributed by atoms with E-state index >= 15 is 0 Å². The van der Waals surface area contributed by atoms with Crippen molar-refractivity contribution in [3.05, 3.63) is 96.4 Å². The summed E-state index contributed by atoms with van der Waals surface area (Å²) in [6.07, 6.45) is 5.58. The molecule has 4 rings (SSSR count). The van der Waals surface area contributed by atoms with Crippen LogP contribution >= 0.6 is 0 Å². The number of benzene rings is 2. The van der Waals surface area contributed by atoms with Gasteiger partial charge in [-0.15, -0.1) is 0 Å². The first-order valence-corrected chi connectivity index (χ1v) is 11.1. The van der Waals surface area contributed by atoms with Crippen molar-refractivity contribution in [2.24, 2.45) is 0 Å². The van der Waals surface area contributed by atoms with Gasteiger partial charge < -0.3 is 4.40 Å². The number of aryl methyl sites for hydroxylation is 1. The van der Waals surface area contributed by atoms with Crippen molar-refractivity contribution in [3.63, 3.8) is 0 Å². The molecule has 0 saturated heterocycles. The highest BCUT2D eigenvalue weighted by atomic mass is 32.2. The molecule has 0 N–H and O–H groups in total. The Bertz CT molecular complexity index is 1200. The van der Waals surface area contributed by atoms with Crippen LogP contribution in [0.2, 0.25) is 0 Å². The monoisotopic (exact) mass is 405 g/mol. The minimum Gasteiger partial charge on any atom is -0.302 e. The summed E-state index contributed by atoms with van der Waals surface area (Å²) in [5.74, 6) is 0. The van der Waals surface area contributed by atoms with Crippen molar-refractivity contribution in [2.75, 3.05) is 4.31 Å². The van der Waals surface area contributed by atoms with Crippen LogP contribution in [0.15, 0.2) is 90.1 Å². The fourth-order valence-corrected chi connectivity index (χ4v) is 4.84. The fraction of sp³-hybridized carbons (Fsp3) is 0.174. The zero-order valence-corrected chi connectivity index (χ0v) is 17.1. The molecule has 5 nitrogen and oxygen atoms in total. The van der Waals surface area contributed by atoms with Crippen LogP contribution in [0.3, 0.4) is 0 Å². The molecule has 0 unspecified atom stereocenters. The van der Waals surface area contributed by atoms with Crippen molar-refractivity contribution >= 4 is 21.4 Å². The molecule has 0 radical (unpaired) electrons. The van der Waals surface area contributed by atoms with Gasteiger partial charge in [0.15, 0.2) is 0 Å². The van der Waals surface area contributed by atoms with E-state index < -0.39 is 10.0 Å². The van der Waals surface area contributed by atoms with Gasteiger partial charge in [0.25, 0.3) is 10.0 Å². The van der Waals surface area contributed by atoms with Crippen LogP contribution in [-0.2, 0) is 23.0 Å². The van der Waals surface area contributed by atoms with Crippen molar-refractivity contribution in [2.45, 2.75) is 31.2 Å². The number of hydrogen-bond donors (Lipinski definition) is 0. The largest absolute Gasteiger partial charge is 0.302 e. The molecule has 4 aromatic rings. The average molecular weight is 406 g/mol. The van der Waals surface area contributed by atoms with Gasteiger partial charge in [0, 0.05) is 6.20 Å². The van der Waals surface area contributed by atoms with Gasteiger partial charge >= 0.3 is 0 Å². The van der Waals surface area contributed by atoms with Crippen LogP contribution in [0.1, 0.15) is 24.6 Å². The highest BCUT2D eigenvalue weighted by Gasteiger charge is 2.26. The van der Waals surface area contributed by atoms with E-state index in [1.807, 2.05) is 71.3 Å². The van der Waals surface area contributed by atoms with Crippen molar-refractivity contribution in [3.8, 4) is 0 Å². The lowest BCUT2D eigenvalue weighted by Crippen LogP contribution is -2.31. The highest BCUT2D eigenvalue weighted by Crippen LogP contribution is 2.26. The lowest BCUT2D eigenvalue weighted by atomic mass is 10.1. The van der Waals surface area contributed by atoms with Crippen LogP contribution in [0.4, 0.5) is 5.69 Å². The molecular formula is C23H23N3O2S. The van der Waals surface area contributed by atoms with Crippen LogP contribution in [0, 0.1) is 0 Å². The Morgan fingerprint density at radius 1 is 0.931 bits per heavy atom. The van der Waals surface area contributed by atoms with E-state index in [9.17, 15) is 8.42 Å². The molecule has 0 aliphatic heterocycles. The van der Waals surface area contributed by atoms with E-state index in [0.717, 1.165) is 29.7 Å². The number of anilines is 1. The lowest BCUT2D eigenvalue weighted by molar-refractivity contribution is 0.589. The summed E-state index contributed by atoms with van der Waals surface area (Å²) in [7, 11) is -3.74. The minimum atomic E-state index is -3.74. The average Bonchev–Trinajstić information content (AvgIpc) is 3.16. The second-order valence-corrected chi connectivity index (χ2v) is 8.78. The molecule has 0 amide bonds. The van der Waals surface area contributed by atoms with Gasteiger partial charge in [-0.3, -0.25) is 4.31 Å². The fourth-order valence-electron chi connectivity index (χ4n) is 3.40. The maximum absolute atomic E-state index is 13.6. The molecule has 2 aromatic carbocycles. The first-order valence-electron chi connectivity index (χ1n) is 9.67. The van der Waals surface area contributed by atoms with E-state index in [1.54, 1.807) is 18.3 Å². The third kappa shape index (κ3) is 3.89. The molecule has 0 atom stereocenters. The van der Waals surface area contributed by atoms with Gasteiger partial charge in [-0.2, -0.15) is 0 Å². The molecule has 0 aliphatic carbocycles. The van der Waals surface area contributed by atoms with Crippen LogP contribution in [0.5, 0.6) is 0 Å². The molecule has 0 spiro atoms. The molecule has 6 heteroatoms.